The highest BCUT2D eigenvalue weighted by Gasteiger charge is 2.15. The van der Waals surface area contributed by atoms with Crippen LogP contribution in [0.4, 0.5) is 5.13 Å². The number of hydrogen-bond donors (Lipinski definition) is 1. The lowest BCUT2D eigenvalue weighted by molar-refractivity contribution is 0.627. The second-order valence-electron chi connectivity index (χ2n) is 4.09. The number of aromatic nitrogens is 3. The van der Waals surface area contributed by atoms with Gasteiger partial charge in [-0.2, -0.15) is 5.10 Å². The summed E-state index contributed by atoms with van der Waals surface area (Å²) in [6.45, 7) is 7.12. The van der Waals surface area contributed by atoms with Crippen LogP contribution >= 0.6 is 39.0 Å². The quantitative estimate of drug-likeness (QED) is 0.822. The number of hydrogen-bond acceptors (Lipinski definition) is 5. The van der Waals surface area contributed by atoms with E-state index >= 15 is 0 Å². The Morgan fingerprint density at radius 2 is 2.16 bits per heavy atom. The van der Waals surface area contributed by atoms with Crippen LogP contribution in [0, 0.1) is 6.92 Å². The molecule has 0 aromatic carbocycles. The van der Waals surface area contributed by atoms with Crippen LogP contribution in [0.5, 0.6) is 0 Å². The van der Waals surface area contributed by atoms with Crippen molar-refractivity contribution in [3.63, 3.8) is 0 Å². The number of anilines is 1. The van der Waals surface area contributed by atoms with Crippen molar-refractivity contribution in [2.24, 2.45) is 0 Å². The van der Waals surface area contributed by atoms with Gasteiger partial charge in [-0.1, -0.05) is 18.3 Å². The predicted molar refractivity (Wildman–Crippen MR) is 85.8 cm³/mol. The first-order valence-corrected chi connectivity index (χ1v) is 8.76. The zero-order chi connectivity index (χ0) is 14.0. The summed E-state index contributed by atoms with van der Waals surface area (Å²) in [7, 11) is 0. The van der Waals surface area contributed by atoms with Crippen molar-refractivity contribution in [2.45, 2.75) is 43.7 Å². The van der Waals surface area contributed by atoms with Gasteiger partial charge in [-0.05, 0) is 36.2 Å². The maximum atomic E-state index is 5.73. The van der Waals surface area contributed by atoms with Gasteiger partial charge in [-0.25, -0.2) is 4.98 Å². The molecule has 0 unspecified atom stereocenters. The fourth-order valence-corrected chi connectivity index (χ4v) is 4.77. The van der Waals surface area contributed by atoms with Crippen LogP contribution in [0.3, 0.4) is 0 Å². The van der Waals surface area contributed by atoms with E-state index in [1.165, 1.54) is 9.90 Å². The number of halogens is 1. The Bertz CT molecular complexity index is 577. The van der Waals surface area contributed by atoms with Crippen molar-refractivity contribution in [3.8, 4) is 0 Å². The molecule has 2 aromatic heterocycles. The van der Waals surface area contributed by atoms with Crippen LogP contribution in [0.2, 0.25) is 0 Å². The molecule has 2 heterocycles. The normalized spacial score (nSPS) is 11.2. The largest absolute Gasteiger partial charge is 0.375 e. The zero-order valence-electron chi connectivity index (χ0n) is 11.2. The summed E-state index contributed by atoms with van der Waals surface area (Å²) >= 11 is 6.99. The number of thioether (sulfide) groups is 1. The van der Waals surface area contributed by atoms with E-state index in [1.807, 2.05) is 6.92 Å². The second kappa shape index (κ2) is 6.28. The van der Waals surface area contributed by atoms with Crippen LogP contribution < -0.4 is 5.73 Å². The molecular weight excluding hydrogens is 344 g/mol. The van der Waals surface area contributed by atoms with Crippen molar-refractivity contribution in [1.29, 1.82) is 0 Å². The standard InChI is InChI=1S/C12H17BrN4S2/c1-4-8-10(13)9(17(5-2)16-8)6-18-11-7(3)15-12(14)19-11/h4-6H2,1-3H3,(H2,14,15). The Hall–Kier alpha value is -0.530. The molecular formula is C12H17BrN4S2. The maximum absolute atomic E-state index is 5.73. The van der Waals surface area contributed by atoms with Gasteiger partial charge in [0.15, 0.2) is 5.13 Å². The Morgan fingerprint density at radius 1 is 1.42 bits per heavy atom. The lowest BCUT2D eigenvalue weighted by Gasteiger charge is -2.04. The number of nitrogens with zero attached hydrogens (tertiary/aromatic N) is 3. The smallest absolute Gasteiger partial charge is 0.181 e. The third-order valence-corrected chi connectivity index (χ3v) is 6.08. The van der Waals surface area contributed by atoms with Crippen LogP contribution in [0.15, 0.2) is 8.68 Å². The third kappa shape index (κ3) is 3.14. The number of nitrogens with two attached hydrogens (primary N) is 1. The average molecular weight is 361 g/mol. The van der Waals surface area contributed by atoms with Gasteiger partial charge < -0.3 is 5.73 Å². The van der Waals surface area contributed by atoms with Gasteiger partial charge in [0, 0.05) is 12.3 Å². The molecule has 0 radical (unpaired) electrons. The molecule has 0 aliphatic carbocycles. The highest BCUT2D eigenvalue weighted by Crippen LogP contribution is 2.35. The molecule has 19 heavy (non-hydrogen) atoms. The summed E-state index contributed by atoms with van der Waals surface area (Å²) in [6.07, 6.45) is 0.942. The number of thiazole rings is 1. The van der Waals surface area contributed by atoms with Gasteiger partial charge >= 0.3 is 0 Å². The van der Waals surface area contributed by atoms with E-state index < -0.39 is 0 Å². The summed E-state index contributed by atoms with van der Waals surface area (Å²) in [5.41, 5.74) is 9.10. The van der Waals surface area contributed by atoms with Gasteiger partial charge in [0.05, 0.1) is 25.8 Å². The van der Waals surface area contributed by atoms with Crippen LogP contribution in [0.25, 0.3) is 0 Å². The fourth-order valence-electron chi connectivity index (χ4n) is 1.83. The van der Waals surface area contributed by atoms with E-state index in [1.54, 1.807) is 23.1 Å². The first kappa shape index (κ1) is 14.9. The minimum Gasteiger partial charge on any atom is -0.375 e. The Kier molecular flexibility index (Phi) is 4.92. The van der Waals surface area contributed by atoms with E-state index in [9.17, 15) is 0 Å². The van der Waals surface area contributed by atoms with E-state index in [2.05, 4.69) is 44.5 Å². The van der Waals surface area contributed by atoms with E-state index in [4.69, 9.17) is 5.73 Å². The fraction of sp³-hybridized carbons (Fsp3) is 0.500. The highest BCUT2D eigenvalue weighted by atomic mass is 79.9. The van der Waals surface area contributed by atoms with Crippen LogP contribution in [-0.2, 0) is 18.7 Å². The van der Waals surface area contributed by atoms with Gasteiger partial charge in [-0.15, -0.1) is 11.8 Å². The minimum absolute atomic E-state index is 0.636. The lowest BCUT2D eigenvalue weighted by atomic mass is 10.3. The zero-order valence-corrected chi connectivity index (χ0v) is 14.5. The highest BCUT2D eigenvalue weighted by molar-refractivity contribution is 9.10. The molecule has 2 N–H and O–H groups in total. The molecule has 0 saturated carbocycles. The molecule has 0 aliphatic rings. The molecule has 2 rings (SSSR count). The second-order valence-corrected chi connectivity index (χ2v) is 7.16. The first-order chi connectivity index (χ1) is 9.06. The number of nitrogen functional groups attached to an aromatic ring is 1. The summed E-state index contributed by atoms with van der Waals surface area (Å²) in [5.74, 6) is 0.879. The molecule has 2 aromatic rings. The van der Waals surface area contributed by atoms with Crippen molar-refractivity contribution in [3.05, 3.63) is 21.6 Å². The third-order valence-electron chi connectivity index (χ3n) is 2.80. The van der Waals surface area contributed by atoms with Crippen molar-refractivity contribution >= 4 is 44.2 Å². The van der Waals surface area contributed by atoms with Crippen molar-refractivity contribution in [2.75, 3.05) is 5.73 Å². The minimum atomic E-state index is 0.636. The van der Waals surface area contributed by atoms with E-state index in [-0.39, 0.29) is 0 Å². The molecule has 0 atom stereocenters. The first-order valence-electron chi connectivity index (χ1n) is 6.16. The van der Waals surface area contributed by atoms with Crippen molar-refractivity contribution < 1.29 is 0 Å². The average Bonchev–Trinajstić information content (AvgIpc) is 2.86. The molecule has 0 spiro atoms. The molecule has 0 aliphatic heterocycles. The summed E-state index contributed by atoms with van der Waals surface area (Å²) in [4.78, 5) is 4.25. The van der Waals surface area contributed by atoms with Crippen molar-refractivity contribution in [1.82, 2.24) is 14.8 Å². The number of aryl methyl sites for hydroxylation is 3. The molecule has 0 bridgehead atoms. The summed E-state index contributed by atoms with van der Waals surface area (Å²) in [6, 6.07) is 0. The van der Waals surface area contributed by atoms with E-state index in [0.717, 1.165) is 34.6 Å². The summed E-state index contributed by atoms with van der Waals surface area (Å²) < 4.78 is 4.39. The van der Waals surface area contributed by atoms with Crippen LogP contribution in [0.1, 0.15) is 30.9 Å². The topological polar surface area (TPSA) is 56.7 Å². The van der Waals surface area contributed by atoms with Crippen LogP contribution in [-0.4, -0.2) is 14.8 Å². The molecule has 7 heteroatoms. The van der Waals surface area contributed by atoms with Gasteiger partial charge in [-0.3, -0.25) is 4.68 Å². The molecule has 0 saturated heterocycles. The molecule has 4 nitrogen and oxygen atoms in total. The van der Waals surface area contributed by atoms with Gasteiger partial charge in [0.2, 0.25) is 0 Å². The molecule has 104 valence electrons. The summed E-state index contributed by atoms with van der Waals surface area (Å²) in [5, 5.41) is 5.24. The Labute approximate surface area is 129 Å². The van der Waals surface area contributed by atoms with E-state index in [0.29, 0.717) is 5.13 Å². The Morgan fingerprint density at radius 3 is 2.68 bits per heavy atom. The van der Waals surface area contributed by atoms with Gasteiger partial charge in [0.1, 0.15) is 0 Å². The SMILES string of the molecule is CCc1nn(CC)c(CSc2sc(N)nc2C)c1Br. The van der Waals surface area contributed by atoms with Gasteiger partial charge in [0.25, 0.3) is 0 Å². The predicted octanol–water partition coefficient (Wildman–Crippen LogP) is 3.87. The monoisotopic (exact) mass is 360 g/mol. The lowest BCUT2D eigenvalue weighted by Crippen LogP contribution is -2.01. The molecule has 0 amide bonds. The molecule has 0 fully saturated rings. The number of rotatable bonds is 5. The maximum Gasteiger partial charge on any atom is 0.181 e. The Balaban J connectivity index is 2.19.